The Balaban J connectivity index is 3.08. The quantitative estimate of drug-likeness (QED) is 0.641. The van der Waals surface area contributed by atoms with Gasteiger partial charge in [-0.15, -0.1) is 0 Å². The van der Waals surface area contributed by atoms with Crippen molar-refractivity contribution in [2.45, 2.75) is 25.2 Å². The first-order valence-corrected chi connectivity index (χ1v) is 5.85. The van der Waals surface area contributed by atoms with Crippen LogP contribution in [0.1, 0.15) is 12.5 Å². The standard InChI is InChI=1S/C11H10ClF3N2O4/c1-10(9(18)19,11(13,14)15)16-5-6-2-3-7(12)4-8(6)17(20)21/h2-4,16H,5H2,1H3,(H,18,19). The number of carboxylic acid groups (broad SMARTS) is 1. The molecule has 0 aliphatic carbocycles. The van der Waals surface area contributed by atoms with Crippen LogP contribution in [0.2, 0.25) is 5.02 Å². The Hall–Kier alpha value is -1.87. The largest absolute Gasteiger partial charge is 0.480 e. The molecule has 0 aliphatic rings. The molecule has 6 nitrogen and oxygen atoms in total. The van der Waals surface area contributed by atoms with E-state index in [0.717, 1.165) is 12.1 Å². The number of nitrogens with one attached hydrogen (secondary N) is 1. The lowest BCUT2D eigenvalue weighted by atomic mass is 10.0. The molecule has 116 valence electrons. The normalized spacial score (nSPS) is 14.5. The van der Waals surface area contributed by atoms with Gasteiger partial charge in [0.15, 0.2) is 0 Å². The molecule has 0 spiro atoms. The number of hydrogen-bond donors (Lipinski definition) is 2. The van der Waals surface area contributed by atoms with Gasteiger partial charge in [0.2, 0.25) is 5.54 Å². The van der Waals surface area contributed by atoms with Crippen molar-refractivity contribution in [3.8, 4) is 0 Å². The SMILES string of the molecule is CC(NCc1ccc(Cl)cc1[N+](=O)[O-])(C(=O)O)C(F)(F)F. The molecule has 0 bridgehead atoms. The van der Waals surface area contributed by atoms with Gasteiger partial charge >= 0.3 is 12.1 Å². The van der Waals surface area contributed by atoms with Gasteiger partial charge < -0.3 is 5.11 Å². The van der Waals surface area contributed by atoms with Crippen LogP contribution in [-0.2, 0) is 11.3 Å². The van der Waals surface area contributed by atoms with Crippen molar-refractivity contribution in [2.75, 3.05) is 0 Å². The first-order valence-electron chi connectivity index (χ1n) is 5.47. The zero-order valence-electron chi connectivity index (χ0n) is 10.6. The number of aliphatic carboxylic acids is 1. The average molecular weight is 327 g/mol. The van der Waals surface area contributed by atoms with Gasteiger partial charge in [-0.3, -0.25) is 15.4 Å². The second kappa shape index (κ2) is 5.86. The topological polar surface area (TPSA) is 92.5 Å². The fourth-order valence-electron chi connectivity index (χ4n) is 1.43. The van der Waals surface area contributed by atoms with Gasteiger partial charge in [-0.2, -0.15) is 13.2 Å². The maximum absolute atomic E-state index is 12.8. The number of alkyl halides is 3. The van der Waals surface area contributed by atoms with Crippen LogP contribution >= 0.6 is 11.6 Å². The Morgan fingerprint density at radius 3 is 2.48 bits per heavy atom. The number of rotatable bonds is 5. The van der Waals surface area contributed by atoms with Crippen LogP contribution in [0, 0.1) is 10.1 Å². The molecule has 2 N–H and O–H groups in total. The molecule has 1 aromatic carbocycles. The highest BCUT2D eigenvalue weighted by Gasteiger charge is 2.57. The van der Waals surface area contributed by atoms with Gasteiger partial charge in [0.05, 0.1) is 4.92 Å². The third-order valence-corrected chi connectivity index (χ3v) is 3.11. The van der Waals surface area contributed by atoms with E-state index in [2.05, 4.69) is 0 Å². The minimum absolute atomic E-state index is 0.0438. The molecular formula is C11H10ClF3N2O4. The molecule has 21 heavy (non-hydrogen) atoms. The van der Waals surface area contributed by atoms with Gasteiger partial charge in [-0.1, -0.05) is 11.6 Å². The molecule has 0 amide bonds. The van der Waals surface area contributed by atoms with Crippen molar-refractivity contribution < 1.29 is 28.0 Å². The Kier molecular flexibility index (Phi) is 4.79. The number of halogens is 4. The highest BCUT2D eigenvalue weighted by molar-refractivity contribution is 6.30. The van der Waals surface area contributed by atoms with Crippen LogP contribution in [0.5, 0.6) is 0 Å². The summed E-state index contributed by atoms with van der Waals surface area (Å²) in [6.45, 7) is -0.215. The van der Waals surface area contributed by atoms with E-state index in [1.165, 1.54) is 6.07 Å². The molecule has 1 aromatic rings. The molecule has 0 saturated heterocycles. The second-order valence-electron chi connectivity index (χ2n) is 4.31. The monoisotopic (exact) mass is 326 g/mol. The van der Waals surface area contributed by atoms with Crippen LogP contribution in [0.25, 0.3) is 0 Å². The summed E-state index contributed by atoms with van der Waals surface area (Å²) in [6.07, 6.45) is -5.07. The number of nitro benzene ring substituents is 1. The third-order valence-electron chi connectivity index (χ3n) is 2.87. The van der Waals surface area contributed by atoms with E-state index in [1.54, 1.807) is 5.32 Å². The fraction of sp³-hybridized carbons (Fsp3) is 0.364. The van der Waals surface area contributed by atoms with Gasteiger partial charge in [0.1, 0.15) is 0 Å². The molecule has 0 aromatic heterocycles. The molecule has 1 unspecified atom stereocenters. The van der Waals surface area contributed by atoms with Gasteiger partial charge in [-0.05, 0) is 19.1 Å². The van der Waals surface area contributed by atoms with E-state index in [4.69, 9.17) is 16.7 Å². The number of nitro groups is 1. The summed E-state index contributed by atoms with van der Waals surface area (Å²) >= 11 is 5.58. The third kappa shape index (κ3) is 3.61. The summed E-state index contributed by atoms with van der Waals surface area (Å²) in [5.41, 5.74) is -3.83. The predicted molar refractivity (Wildman–Crippen MR) is 67.0 cm³/mol. The second-order valence-corrected chi connectivity index (χ2v) is 4.75. The molecule has 1 rings (SSSR count). The molecule has 1 atom stereocenters. The van der Waals surface area contributed by atoms with Crippen molar-refractivity contribution in [2.24, 2.45) is 0 Å². The van der Waals surface area contributed by atoms with Crippen molar-refractivity contribution >= 4 is 23.3 Å². The Morgan fingerprint density at radius 2 is 2.05 bits per heavy atom. The van der Waals surface area contributed by atoms with E-state index < -0.39 is 34.8 Å². The summed E-state index contributed by atoms with van der Waals surface area (Å²) in [6, 6.07) is 3.40. The Morgan fingerprint density at radius 1 is 1.48 bits per heavy atom. The molecule has 0 saturated carbocycles. The molecule has 10 heteroatoms. The van der Waals surface area contributed by atoms with Gasteiger partial charge in [0, 0.05) is 23.2 Å². The summed E-state index contributed by atoms with van der Waals surface area (Å²) in [7, 11) is 0. The summed E-state index contributed by atoms with van der Waals surface area (Å²) < 4.78 is 38.3. The summed E-state index contributed by atoms with van der Waals surface area (Å²) in [4.78, 5) is 20.8. The zero-order valence-corrected chi connectivity index (χ0v) is 11.3. The Bertz CT molecular complexity index is 579. The minimum atomic E-state index is -5.07. The van der Waals surface area contributed by atoms with Crippen molar-refractivity contribution in [3.63, 3.8) is 0 Å². The van der Waals surface area contributed by atoms with E-state index >= 15 is 0 Å². The molecule has 0 aliphatic heterocycles. The molecule has 0 fully saturated rings. The first kappa shape index (κ1) is 17.2. The average Bonchev–Trinajstić information content (AvgIpc) is 2.34. The molecular weight excluding hydrogens is 317 g/mol. The van der Waals surface area contributed by atoms with E-state index in [1.807, 2.05) is 0 Å². The minimum Gasteiger partial charge on any atom is -0.480 e. The van der Waals surface area contributed by atoms with Crippen LogP contribution in [0.15, 0.2) is 18.2 Å². The van der Waals surface area contributed by atoms with Crippen molar-refractivity contribution in [1.29, 1.82) is 0 Å². The number of carboxylic acids is 1. The lowest BCUT2D eigenvalue weighted by molar-refractivity contribution is -0.385. The maximum atomic E-state index is 12.8. The van der Waals surface area contributed by atoms with E-state index in [9.17, 15) is 28.1 Å². The van der Waals surface area contributed by atoms with Gasteiger partial charge in [0.25, 0.3) is 5.69 Å². The maximum Gasteiger partial charge on any atom is 0.417 e. The van der Waals surface area contributed by atoms with E-state index in [-0.39, 0.29) is 10.6 Å². The summed E-state index contributed by atoms with van der Waals surface area (Å²) in [5, 5.41) is 21.4. The van der Waals surface area contributed by atoms with E-state index in [0.29, 0.717) is 6.92 Å². The van der Waals surface area contributed by atoms with Gasteiger partial charge in [-0.25, -0.2) is 4.79 Å². The number of carbonyl (C=O) groups is 1. The molecule has 0 radical (unpaired) electrons. The van der Waals surface area contributed by atoms with Crippen molar-refractivity contribution in [3.05, 3.63) is 38.9 Å². The smallest absolute Gasteiger partial charge is 0.417 e. The fourth-order valence-corrected chi connectivity index (χ4v) is 1.59. The van der Waals surface area contributed by atoms with Crippen LogP contribution < -0.4 is 5.32 Å². The number of benzene rings is 1. The van der Waals surface area contributed by atoms with Crippen molar-refractivity contribution in [1.82, 2.24) is 5.32 Å². The highest BCUT2D eigenvalue weighted by atomic mass is 35.5. The van der Waals surface area contributed by atoms with Crippen LogP contribution in [-0.4, -0.2) is 27.7 Å². The van der Waals surface area contributed by atoms with Crippen LogP contribution in [0.4, 0.5) is 18.9 Å². The predicted octanol–water partition coefficient (Wildman–Crippen LogP) is 2.74. The lowest BCUT2D eigenvalue weighted by Gasteiger charge is -2.28. The first-order chi connectivity index (χ1) is 9.49. The number of nitrogens with zero attached hydrogens (tertiary/aromatic N) is 1. The van der Waals surface area contributed by atoms with Crippen LogP contribution in [0.3, 0.4) is 0 Å². The Labute approximate surface area is 121 Å². The highest BCUT2D eigenvalue weighted by Crippen LogP contribution is 2.31. The zero-order chi connectivity index (χ0) is 16.4. The molecule has 0 heterocycles. The lowest BCUT2D eigenvalue weighted by Crippen LogP contribution is -2.59. The summed E-state index contributed by atoms with van der Waals surface area (Å²) in [5.74, 6) is -2.13. The number of hydrogen-bond acceptors (Lipinski definition) is 4.